The van der Waals surface area contributed by atoms with Crippen LogP contribution in [0.1, 0.15) is 18.1 Å². The standard InChI is InChI=1S/C15H14ClN3S/c1-2-10-3-5-11(6-4-10)9-17-14-12(16)7-8-13-15(14)19-20-18-13/h3-8,17H,2,9H2,1H3. The molecule has 2 aromatic carbocycles. The number of nitrogens with zero attached hydrogens (tertiary/aromatic N) is 2. The summed E-state index contributed by atoms with van der Waals surface area (Å²) >= 11 is 7.45. The Morgan fingerprint density at radius 2 is 1.80 bits per heavy atom. The molecule has 0 radical (unpaired) electrons. The summed E-state index contributed by atoms with van der Waals surface area (Å²) in [5, 5.41) is 4.04. The van der Waals surface area contributed by atoms with Crippen LogP contribution < -0.4 is 5.32 Å². The molecule has 3 nitrogen and oxygen atoms in total. The van der Waals surface area contributed by atoms with Gasteiger partial charge in [0, 0.05) is 6.54 Å². The third-order valence-electron chi connectivity index (χ3n) is 3.28. The Hall–Kier alpha value is -1.65. The minimum Gasteiger partial charge on any atom is -0.378 e. The zero-order chi connectivity index (χ0) is 13.9. The van der Waals surface area contributed by atoms with Crippen molar-refractivity contribution in [3.8, 4) is 0 Å². The van der Waals surface area contributed by atoms with Crippen LogP contribution in [0.25, 0.3) is 11.0 Å². The van der Waals surface area contributed by atoms with Gasteiger partial charge in [-0.1, -0.05) is 42.8 Å². The average molecular weight is 304 g/mol. The van der Waals surface area contributed by atoms with E-state index in [1.165, 1.54) is 22.9 Å². The van der Waals surface area contributed by atoms with Gasteiger partial charge < -0.3 is 5.32 Å². The van der Waals surface area contributed by atoms with Crippen molar-refractivity contribution in [2.45, 2.75) is 19.9 Å². The van der Waals surface area contributed by atoms with E-state index in [4.69, 9.17) is 11.6 Å². The Morgan fingerprint density at radius 3 is 2.55 bits per heavy atom. The van der Waals surface area contributed by atoms with E-state index in [0.29, 0.717) is 5.02 Å². The van der Waals surface area contributed by atoms with Crippen LogP contribution in [0.3, 0.4) is 0 Å². The SMILES string of the molecule is CCc1ccc(CNc2c(Cl)ccc3nsnc23)cc1. The first kappa shape index (κ1) is 13.3. The average Bonchev–Trinajstić information content (AvgIpc) is 2.95. The summed E-state index contributed by atoms with van der Waals surface area (Å²) in [5.41, 5.74) is 5.14. The molecule has 1 N–H and O–H groups in total. The van der Waals surface area contributed by atoms with Gasteiger partial charge in [0.15, 0.2) is 0 Å². The number of aromatic nitrogens is 2. The maximum absolute atomic E-state index is 6.25. The molecule has 102 valence electrons. The van der Waals surface area contributed by atoms with Crippen LogP contribution in [0, 0.1) is 0 Å². The molecule has 3 rings (SSSR count). The number of rotatable bonds is 4. The molecule has 5 heteroatoms. The van der Waals surface area contributed by atoms with Crippen molar-refractivity contribution < 1.29 is 0 Å². The summed E-state index contributed by atoms with van der Waals surface area (Å²) in [4.78, 5) is 0. The maximum atomic E-state index is 6.25. The zero-order valence-electron chi connectivity index (χ0n) is 11.1. The van der Waals surface area contributed by atoms with Crippen molar-refractivity contribution in [1.82, 2.24) is 8.75 Å². The fourth-order valence-corrected chi connectivity index (χ4v) is 2.84. The second-order valence-electron chi connectivity index (χ2n) is 4.58. The summed E-state index contributed by atoms with van der Waals surface area (Å²) in [6, 6.07) is 12.3. The highest BCUT2D eigenvalue weighted by Gasteiger charge is 2.09. The van der Waals surface area contributed by atoms with Gasteiger partial charge in [-0.25, -0.2) is 0 Å². The maximum Gasteiger partial charge on any atom is 0.129 e. The third-order valence-corrected chi connectivity index (χ3v) is 4.14. The number of nitrogens with one attached hydrogen (secondary N) is 1. The number of fused-ring (bicyclic) bond motifs is 1. The van der Waals surface area contributed by atoms with Crippen LogP contribution in [0.5, 0.6) is 0 Å². The fraction of sp³-hybridized carbons (Fsp3) is 0.200. The summed E-state index contributed by atoms with van der Waals surface area (Å²) in [6.45, 7) is 2.88. The first-order valence-corrected chi connectivity index (χ1v) is 7.61. The van der Waals surface area contributed by atoms with Crippen LogP contribution in [0.2, 0.25) is 5.02 Å². The Labute approximate surface area is 126 Å². The Kier molecular flexibility index (Phi) is 3.85. The highest BCUT2D eigenvalue weighted by atomic mass is 35.5. The lowest BCUT2D eigenvalue weighted by Gasteiger charge is -2.09. The van der Waals surface area contributed by atoms with Gasteiger partial charge in [-0.05, 0) is 29.7 Å². The number of anilines is 1. The normalized spacial score (nSPS) is 10.9. The second-order valence-corrected chi connectivity index (χ2v) is 5.51. The molecular formula is C15H14ClN3S. The molecule has 1 aromatic heterocycles. The van der Waals surface area contributed by atoms with Gasteiger partial charge in [0.25, 0.3) is 0 Å². The zero-order valence-corrected chi connectivity index (χ0v) is 12.6. The highest BCUT2D eigenvalue weighted by molar-refractivity contribution is 7.00. The number of halogens is 1. The molecule has 0 saturated heterocycles. The third kappa shape index (κ3) is 2.62. The van der Waals surface area contributed by atoms with Gasteiger partial charge in [-0.2, -0.15) is 8.75 Å². The largest absolute Gasteiger partial charge is 0.378 e. The molecule has 0 fully saturated rings. The van der Waals surface area contributed by atoms with Crippen molar-refractivity contribution in [2.24, 2.45) is 0 Å². The quantitative estimate of drug-likeness (QED) is 0.770. The van der Waals surface area contributed by atoms with E-state index in [9.17, 15) is 0 Å². The van der Waals surface area contributed by atoms with E-state index in [1.807, 2.05) is 12.1 Å². The van der Waals surface area contributed by atoms with E-state index < -0.39 is 0 Å². The molecule has 0 amide bonds. The van der Waals surface area contributed by atoms with Gasteiger partial charge in [0.2, 0.25) is 0 Å². The van der Waals surface area contributed by atoms with E-state index in [0.717, 1.165) is 29.7 Å². The van der Waals surface area contributed by atoms with E-state index in [1.54, 1.807) is 0 Å². The molecule has 0 atom stereocenters. The molecule has 0 aliphatic rings. The van der Waals surface area contributed by atoms with Crippen molar-refractivity contribution in [3.63, 3.8) is 0 Å². The summed E-state index contributed by atoms with van der Waals surface area (Å²) in [5.74, 6) is 0. The lowest BCUT2D eigenvalue weighted by molar-refractivity contribution is 1.11. The molecule has 0 aliphatic heterocycles. The number of aryl methyl sites for hydroxylation is 1. The van der Waals surface area contributed by atoms with Gasteiger partial charge in [0.05, 0.1) is 22.4 Å². The van der Waals surface area contributed by atoms with Crippen LogP contribution in [-0.4, -0.2) is 8.75 Å². The first-order chi connectivity index (χ1) is 9.78. The van der Waals surface area contributed by atoms with E-state index in [-0.39, 0.29) is 0 Å². The van der Waals surface area contributed by atoms with Gasteiger partial charge in [-0.15, -0.1) is 0 Å². The first-order valence-electron chi connectivity index (χ1n) is 6.50. The lowest BCUT2D eigenvalue weighted by atomic mass is 10.1. The van der Waals surface area contributed by atoms with E-state index in [2.05, 4.69) is 45.3 Å². The molecule has 3 aromatic rings. The Morgan fingerprint density at radius 1 is 1.05 bits per heavy atom. The van der Waals surface area contributed by atoms with Crippen molar-refractivity contribution in [2.75, 3.05) is 5.32 Å². The second kappa shape index (κ2) is 5.77. The predicted molar refractivity (Wildman–Crippen MR) is 85.6 cm³/mol. The molecule has 0 bridgehead atoms. The van der Waals surface area contributed by atoms with Gasteiger partial charge in [-0.3, -0.25) is 0 Å². The lowest BCUT2D eigenvalue weighted by Crippen LogP contribution is -2.01. The summed E-state index contributed by atoms with van der Waals surface area (Å²) < 4.78 is 8.53. The molecule has 0 saturated carbocycles. The fourth-order valence-electron chi connectivity index (χ4n) is 2.08. The minimum absolute atomic E-state index is 0.676. The summed E-state index contributed by atoms with van der Waals surface area (Å²) in [7, 11) is 0. The number of benzene rings is 2. The Balaban J connectivity index is 1.82. The molecule has 1 heterocycles. The minimum atomic E-state index is 0.676. The highest BCUT2D eigenvalue weighted by Crippen LogP contribution is 2.30. The van der Waals surface area contributed by atoms with Gasteiger partial charge >= 0.3 is 0 Å². The van der Waals surface area contributed by atoms with E-state index >= 15 is 0 Å². The molecule has 20 heavy (non-hydrogen) atoms. The van der Waals surface area contributed by atoms with Crippen LogP contribution in [-0.2, 0) is 13.0 Å². The Bertz CT molecular complexity index is 722. The van der Waals surface area contributed by atoms with Crippen molar-refractivity contribution in [3.05, 3.63) is 52.5 Å². The number of hydrogen-bond donors (Lipinski definition) is 1. The van der Waals surface area contributed by atoms with Crippen molar-refractivity contribution >= 4 is 40.0 Å². The monoisotopic (exact) mass is 303 g/mol. The molecule has 0 aliphatic carbocycles. The van der Waals surface area contributed by atoms with Crippen molar-refractivity contribution in [1.29, 1.82) is 0 Å². The molecule has 0 unspecified atom stereocenters. The van der Waals surface area contributed by atoms with Crippen LogP contribution >= 0.6 is 23.3 Å². The molecule has 0 spiro atoms. The van der Waals surface area contributed by atoms with Gasteiger partial charge in [0.1, 0.15) is 11.0 Å². The van der Waals surface area contributed by atoms with Crippen LogP contribution in [0.15, 0.2) is 36.4 Å². The predicted octanol–water partition coefficient (Wildman–Crippen LogP) is 4.52. The topological polar surface area (TPSA) is 37.8 Å². The number of hydrogen-bond acceptors (Lipinski definition) is 4. The smallest absolute Gasteiger partial charge is 0.129 e. The van der Waals surface area contributed by atoms with Crippen LogP contribution in [0.4, 0.5) is 5.69 Å². The molecular weight excluding hydrogens is 290 g/mol. The summed E-state index contributed by atoms with van der Waals surface area (Å²) in [6.07, 6.45) is 1.06.